The molecular formula is C26H34F3NO5. The summed E-state index contributed by atoms with van der Waals surface area (Å²) >= 11 is 0. The number of nitrogens with zero attached hydrogens (tertiary/aromatic N) is 1. The number of methoxy groups -OCH3 is 1. The number of hydrogen-bond acceptors (Lipinski definition) is 6. The van der Waals surface area contributed by atoms with Crippen LogP contribution in [0.5, 0.6) is 0 Å². The molecule has 1 aromatic carbocycles. The fourth-order valence-corrected chi connectivity index (χ4v) is 4.04. The number of aryl methyl sites for hydroxylation is 1. The third-order valence-electron chi connectivity index (χ3n) is 6.02. The van der Waals surface area contributed by atoms with Gasteiger partial charge in [-0.2, -0.15) is 13.2 Å². The van der Waals surface area contributed by atoms with E-state index in [0.29, 0.717) is 36.8 Å². The van der Waals surface area contributed by atoms with Gasteiger partial charge in [-0.05, 0) is 51.2 Å². The molecule has 0 bridgehead atoms. The van der Waals surface area contributed by atoms with E-state index in [9.17, 15) is 13.2 Å². The third-order valence-corrected chi connectivity index (χ3v) is 6.02. The van der Waals surface area contributed by atoms with Crippen LogP contribution >= 0.6 is 0 Å². The summed E-state index contributed by atoms with van der Waals surface area (Å²) in [4.78, 5) is 4.31. The molecule has 0 N–H and O–H groups in total. The lowest BCUT2D eigenvalue weighted by Crippen LogP contribution is -2.32. The Kier molecular flexibility index (Phi) is 9.77. The topological polar surface area (TPSA) is 63.0 Å². The predicted molar refractivity (Wildman–Crippen MR) is 125 cm³/mol. The number of oxazole rings is 1. The molecule has 0 spiro atoms. The molecule has 3 rings (SSSR count). The number of alkyl halides is 3. The first kappa shape index (κ1) is 27.2. The molecule has 2 aromatic rings. The molecular weight excluding hydrogens is 463 g/mol. The maximum atomic E-state index is 13.4. The number of ether oxygens (including phenoxy) is 4. The Hall–Kier alpha value is -2.36. The third kappa shape index (κ3) is 7.56. The highest BCUT2D eigenvalue weighted by atomic mass is 19.4. The molecule has 1 aliphatic rings. The molecule has 1 aromatic heterocycles. The van der Waals surface area contributed by atoms with Crippen molar-refractivity contribution in [3.63, 3.8) is 0 Å². The van der Waals surface area contributed by atoms with Crippen molar-refractivity contribution in [2.24, 2.45) is 0 Å². The van der Waals surface area contributed by atoms with Gasteiger partial charge in [0.1, 0.15) is 23.3 Å². The minimum Gasteiger partial charge on any atom is -0.499 e. The fraction of sp³-hybridized carbons (Fsp3) is 0.577. The Morgan fingerprint density at radius 3 is 2.60 bits per heavy atom. The van der Waals surface area contributed by atoms with Gasteiger partial charge >= 0.3 is 6.18 Å². The molecule has 0 amide bonds. The second kappa shape index (κ2) is 12.6. The van der Waals surface area contributed by atoms with Crippen molar-refractivity contribution in [2.75, 3.05) is 20.3 Å². The molecule has 1 fully saturated rings. The van der Waals surface area contributed by atoms with Crippen LogP contribution in [0.2, 0.25) is 0 Å². The first-order valence-corrected chi connectivity index (χ1v) is 11.9. The first-order chi connectivity index (χ1) is 16.7. The van der Waals surface area contributed by atoms with Crippen LogP contribution in [-0.4, -0.2) is 43.6 Å². The van der Waals surface area contributed by atoms with E-state index in [1.807, 2.05) is 6.92 Å². The van der Waals surface area contributed by atoms with Gasteiger partial charge in [0, 0.05) is 12.2 Å². The molecule has 1 heterocycles. The maximum Gasteiger partial charge on any atom is 0.417 e. The molecule has 0 saturated heterocycles. The van der Waals surface area contributed by atoms with Gasteiger partial charge < -0.3 is 23.4 Å². The molecule has 1 aliphatic carbocycles. The van der Waals surface area contributed by atoms with Crippen molar-refractivity contribution in [2.45, 2.75) is 77.0 Å². The summed E-state index contributed by atoms with van der Waals surface area (Å²) < 4.78 is 68.9. The zero-order chi connectivity index (χ0) is 25.4. The average molecular weight is 498 g/mol. The van der Waals surface area contributed by atoms with Crippen molar-refractivity contribution in [1.29, 1.82) is 0 Å². The van der Waals surface area contributed by atoms with Crippen LogP contribution < -0.4 is 0 Å². The average Bonchev–Trinajstić information content (AvgIpc) is 3.22. The molecule has 1 unspecified atom stereocenters. The molecule has 0 aliphatic heterocycles. The van der Waals surface area contributed by atoms with Crippen LogP contribution in [-0.2, 0) is 31.7 Å². The molecule has 6 nitrogen and oxygen atoms in total. The van der Waals surface area contributed by atoms with Crippen molar-refractivity contribution in [1.82, 2.24) is 4.98 Å². The fourth-order valence-electron chi connectivity index (χ4n) is 4.04. The van der Waals surface area contributed by atoms with Gasteiger partial charge in [0.05, 0.1) is 38.1 Å². The normalized spacial score (nSPS) is 19.5. The second-order valence-electron chi connectivity index (χ2n) is 8.65. The Morgan fingerprint density at radius 2 is 1.91 bits per heavy atom. The van der Waals surface area contributed by atoms with Crippen molar-refractivity contribution in [3.8, 4) is 11.5 Å². The quantitative estimate of drug-likeness (QED) is 0.313. The van der Waals surface area contributed by atoms with Gasteiger partial charge in [0.2, 0.25) is 5.89 Å². The van der Waals surface area contributed by atoms with Crippen LogP contribution in [0.3, 0.4) is 0 Å². The van der Waals surface area contributed by atoms with Gasteiger partial charge in [-0.15, -0.1) is 0 Å². The van der Waals surface area contributed by atoms with Crippen molar-refractivity contribution in [3.05, 3.63) is 53.6 Å². The maximum absolute atomic E-state index is 13.4. The van der Waals surface area contributed by atoms with Crippen LogP contribution in [0.1, 0.15) is 56.0 Å². The zero-order valence-electron chi connectivity index (χ0n) is 20.5. The molecule has 1 saturated carbocycles. The van der Waals surface area contributed by atoms with E-state index in [0.717, 1.165) is 31.7 Å². The van der Waals surface area contributed by atoms with Crippen molar-refractivity contribution >= 4 is 0 Å². The smallest absolute Gasteiger partial charge is 0.417 e. The summed E-state index contributed by atoms with van der Waals surface area (Å²) in [6, 6.07) is 5.25. The zero-order valence-corrected chi connectivity index (χ0v) is 20.5. The molecule has 194 valence electrons. The van der Waals surface area contributed by atoms with E-state index in [-0.39, 0.29) is 36.4 Å². The minimum atomic E-state index is -4.50. The van der Waals surface area contributed by atoms with E-state index >= 15 is 0 Å². The molecule has 0 radical (unpaired) electrons. The summed E-state index contributed by atoms with van der Waals surface area (Å²) in [6.45, 7) is 8.71. The highest BCUT2D eigenvalue weighted by Crippen LogP contribution is 2.37. The highest BCUT2D eigenvalue weighted by Gasteiger charge is 2.35. The Bertz CT molecular complexity index is 959. The van der Waals surface area contributed by atoms with E-state index in [4.69, 9.17) is 23.4 Å². The lowest BCUT2D eigenvalue weighted by molar-refractivity contribution is -0.137. The van der Waals surface area contributed by atoms with E-state index in [1.165, 1.54) is 18.2 Å². The Morgan fingerprint density at radius 1 is 1.20 bits per heavy atom. The predicted octanol–water partition coefficient (Wildman–Crippen LogP) is 6.47. The molecule has 9 heteroatoms. The number of hydrogen-bond donors (Lipinski definition) is 0. The van der Waals surface area contributed by atoms with Gasteiger partial charge in [-0.25, -0.2) is 4.98 Å². The molecule has 3 atom stereocenters. The molecule has 35 heavy (non-hydrogen) atoms. The number of aromatic nitrogens is 1. The van der Waals surface area contributed by atoms with Gasteiger partial charge in [-0.1, -0.05) is 25.6 Å². The van der Waals surface area contributed by atoms with Gasteiger partial charge in [0.15, 0.2) is 0 Å². The van der Waals surface area contributed by atoms with Crippen LogP contribution in [0.15, 0.2) is 41.0 Å². The van der Waals surface area contributed by atoms with Crippen LogP contribution in [0, 0.1) is 6.92 Å². The lowest BCUT2D eigenvalue weighted by atomic mass is 9.95. The number of halogens is 3. The van der Waals surface area contributed by atoms with Gasteiger partial charge in [-0.3, -0.25) is 0 Å². The largest absolute Gasteiger partial charge is 0.499 e. The standard InChI is InChI=1S/C26H34F3NO5/c1-5-13-32-24(18(3)31-4)16-34-20-10-8-9-19(14-20)33-15-23-17(2)35-25(30-23)21-11-6-7-12-22(21)26(27,28)29/h6-7,11-12,19-20,24H,3,5,8-10,13-16H2,1-2,4H3/t19-,20+,24?/m0/s1. The SMILES string of the molecule is C=C(OC)C(CO[C@@H]1CCC[C@H](OCc2nc(-c3ccccc3C(F)(F)F)oc2C)C1)OCCC. The van der Waals surface area contributed by atoms with E-state index in [1.54, 1.807) is 14.0 Å². The Labute approximate surface area is 204 Å². The summed E-state index contributed by atoms with van der Waals surface area (Å²) in [6.07, 6.45) is -0.515. The second-order valence-corrected chi connectivity index (χ2v) is 8.65. The summed E-state index contributed by atoms with van der Waals surface area (Å²) in [7, 11) is 1.56. The number of benzene rings is 1. The first-order valence-electron chi connectivity index (χ1n) is 11.9. The van der Waals surface area contributed by atoms with Gasteiger partial charge in [0.25, 0.3) is 0 Å². The minimum absolute atomic E-state index is 0.0127. The van der Waals surface area contributed by atoms with Crippen LogP contribution in [0.4, 0.5) is 13.2 Å². The number of rotatable bonds is 12. The van der Waals surface area contributed by atoms with Crippen molar-refractivity contribution < 1.29 is 36.5 Å². The van der Waals surface area contributed by atoms with E-state index in [2.05, 4.69) is 11.6 Å². The summed E-state index contributed by atoms with van der Waals surface area (Å²) in [5.74, 6) is 0.913. The van der Waals surface area contributed by atoms with E-state index < -0.39 is 11.7 Å². The summed E-state index contributed by atoms with van der Waals surface area (Å²) in [5, 5.41) is 0. The summed E-state index contributed by atoms with van der Waals surface area (Å²) in [5.41, 5.74) is -0.374. The lowest BCUT2D eigenvalue weighted by Gasteiger charge is -2.30. The highest BCUT2D eigenvalue weighted by molar-refractivity contribution is 5.60. The van der Waals surface area contributed by atoms with Crippen LogP contribution in [0.25, 0.3) is 11.5 Å². The Balaban J connectivity index is 1.57. The monoisotopic (exact) mass is 497 g/mol.